The molecule has 2 heterocycles. The molecule has 1 saturated heterocycles. The number of nitro benzene ring substituents is 1. The summed E-state index contributed by atoms with van der Waals surface area (Å²) in [5.74, 6) is -1.13. The molecule has 2 aromatic carbocycles. The van der Waals surface area contributed by atoms with E-state index in [-0.39, 0.29) is 27.8 Å². The molecule has 0 saturated carbocycles. The number of barbiturate groups is 1. The van der Waals surface area contributed by atoms with Crippen molar-refractivity contribution in [1.82, 2.24) is 4.90 Å². The SMILES string of the molecule is CN1C(=O)/C(=C/c2ccc(-c3ccc(Cl)c([N+](=O)[O-])c3)o2)C(=O)N(c2ccccc2)C1=O. The van der Waals surface area contributed by atoms with Gasteiger partial charge in [-0.25, -0.2) is 9.69 Å². The van der Waals surface area contributed by atoms with Crippen LogP contribution in [0, 0.1) is 10.1 Å². The first-order chi connectivity index (χ1) is 15.3. The first kappa shape index (κ1) is 21.0. The average molecular weight is 452 g/mol. The second kappa shape index (κ2) is 8.12. The lowest BCUT2D eigenvalue weighted by atomic mass is 10.1. The number of anilines is 1. The Morgan fingerprint density at radius 3 is 2.41 bits per heavy atom. The molecule has 1 aliphatic heterocycles. The largest absolute Gasteiger partial charge is 0.457 e. The van der Waals surface area contributed by atoms with Gasteiger partial charge in [-0.1, -0.05) is 29.8 Å². The third-order valence-corrected chi connectivity index (χ3v) is 5.12. The van der Waals surface area contributed by atoms with E-state index in [2.05, 4.69) is 0 Å². The molecule has 1 fully saturated rings. The number of amides is 4. The Morgan fingerprint density at radius 2 is 1.72 bits per heavy atom. The maximum absolute atomic E-state index is 13.0. The van der Waals surface area contributed by atoms with E-state index in [0.717, 1.165) is 9.80 Å². The first-order valence-electron chi connectivity index (χ1n) is 9.25. The van der Waals surface area contributed by atoms with E-state index in [4.69, 9.17) is 16.0 Å². The number of halogens is 1. The Bertz CT molecular complexity index is 1300. The summed E-state index contributed by atoms with van der Waals surface area (Å²) in [5, 5.41) is 11.1. The van der Waals surface area contributed by atoms with Gasteiger partial charge in [0.05, 0.1) is 10.6 Å². The van der Waals surface area contributed by atoms with Gasteiger partial charge in [-0.2, -0.15) is 0 Å². The molecule has 0 spiro atoms. The smallest absolute Gasteiger partial charge is 0.338 e. The van der Waals surface area contributed by atoms with Crippen LogP contribution >= 0.6 is 11.6 Å². The Kier molecular flexibility index (Phi) is 5.33. The molecule has 0 atom stereocenters. The van der Waals surface area contributed by atoms with E-state index in [0.29, 0.717) is 11.3 Å². The van der Waals surface area contributed by atoms with E-state index in [1.807, 2.05) is 0 Å². The number of nitrogens with zero attached hydrogens (tertiary/aromatic N) is 3. The van der Waals surface area contributed by atoms with Crippen LogP contribution in [0.25, 0.3) is 17.4 Å². The highest BCUT2D eigenvalue weighted by molar-refractivity contribution is 6.39. The zero-order chi connectivity index (χ0) is 23.0. The minimum atomic E-state index is -0.788. The monoisotopic (exact) mass is 451 g/mol. The number of carbonyl (C=O) groups is 3. The van der Waals surface area contributed by atoms with Crippen molar-refractivity contribution in [3.05, 3.63) is 87.1 Å². The van der Waals surface area contributed by atoms with Crippen LogP contribution in [0.5, 0.6) is 0 Å². The van der Waals surface area contributed by atoms with Crippen LogP contribution in [0.1, 0.15) is 5.76 Å². The summed E-state index contributed by atoms with van der Waals surface area (Å²) in [6.45, 7) is 0. The third-order valence-electron chi connectivity index (χ3n) is 4.80. The number of furan rings is 1. The summed E-state index contributed by atoms with van der Waals surface area (Å²) in [5.41, 5.74) is 0.169. The molecule has 32 heavy (non-hydrogen) atoms. The molecular weight excluding hydrogens is 438 g/mol. The van der Waals surface area contributed by atoms with E-state index in [9.17, 15) is 24.5 Å². The molecule has 0 bridgehead atoms. The van der Waals surface area contributed by atoms with Crippen molar-refractivity contribution in [1.29, 1.82) is 0 Å². The Balaban J connectivity index is 1.71. The molecule has 0 aliphatic carbocycles. The number of hydrogen-bond acceptors (Lipinski definition) is 6. The summed E-state index contributed by atoms with van der Waals surface area (Å²) >= 11 is 5.84. The number of carbonyl (C=O) groups excluding carboxylic acids is 3. The molecule has 4 amide bonds. The van der Waals surface area contributed by atoms with Gasteiger partial charge in [0, 0.05) is 18.7 Å². The average Bonchev–Trinajstić information content (AvgIpc) is 3.25. The van der Waals surface area contributed by atoms with Crippen molar-refractivity contribution in [2.75, 3.05) is 11.9 Å². The number of nitro groups is 1. The summed E-state index contributed by atoms with van der Waals surface area (Å²) < 4.78 is 5.68. The molecule has 1 aliphatic rings. The van der Waals surface area contributed by atoms with Crippen LogP contribution in [-0.2, 0) is 9.59 Å². The van der Waals surface area contributed by atoms with Crippen LogP contribution in [0.2, 0.25) is 5.02 Å². The van der Waals surface area contributed by atoms with Gasteiger partial charge in [-0.05, 0) is 42.5 Å². The molecule has 1 aromatic heterocycles. The predicted molar refractivity (Wildman–Crippen MR) is 116 cm³/mol. The highest BCUT2D eigenvalue weighted by atomic mass is 35.5. The second-order valence-corrected chi connectivity index (χ2v) is 7.21. The number of rotatable bonds is 4. The predicted octanol–water partition coefficient (Wildman–Crippen LogP) is 4.52. The van der Waals surface area contributed by atoms with E-state index in [1.165, 1.54) is 31.3 Å². The quantitative estimate of drug-likeness (QED) is 0.249. The Morgan fingerprint density at radius 1 is 1.00 bits per heavy atom. The lowest BCUT2D eigenvalue weighted by molar-refractivity contribution is -0.384. The topological polar surface area (TPSA) is 114 Å². The zero-order valence-electron chi connectivity index (χ0n) is 16.5. The normalized spacial score (nSPS) is 15.6. The van der Waals surface area contributed by atoms with Crippen LogP contribution in [-0.4, -0.2) is 34.7 Å². The maximum Gasteiger partial charge on any atom is 0.338 e. The fourth-order valence-corrected chi connectivity index (χ4v) is 3.36. The zero-order valence-corrected chi connectivity index (χ0v) is 17.3. The standard InChI is InChI=1S/C22H14ClN3O6/c1-24-20(27)16(21(28)25(22(24)29)14-5-3-2-4-6-14)12-15-8-10-19(32-15)13-7-9-17(23)18(11-13)26(30)31/h2-12H,1H3/b16-12-. The molecule has 0 unspecified atom stereocenters. The van der Waals surface area contributed by atoms with E-state index in [1.54, 1.807) is 42.5 Å². The summed E-state index contributed by atoms with van der Waals surface area (Å²) in [6.07, 6.45) is 1.23. The van der Waals surface area contributed by atoms with Crippen molar-refractivity contribution in [2.24, 2.45) is 0 Å². The molecule has 0 radical (unpaired) electrons. The first-order valence-corrected chi connectivity index (χ1v) is 9.63. The van der Waals surface area contributed by atoms with Crippen LogP contribution in [0.4, 0.5) is 16.2 Å². The van der Waals surface area contributed by atoms with E-state index >= 15 is 0 Å². The van der Waals surface area contributed by atoms with Gasteiger partial charge in [0.15, 0.2) is 0 Å². The minimum Gasteiger partial charge on any atom is -0.457 e. The van der Waals surface area contributed by atoms with Crippen molar-refractivity contribution >= 4 is 46.9 Å². The molecule has 10 heteroatoms. The summed E-state index contributed by atoms with van der Waals surface area (Å²) in [4.78, 5) is 50.4. The van der Waals surface area contributed by atoms with Crippen LogP contribution < -0.4 is 4.90 Å². The van der Waals surface area contributed by atoms with Crippen molar-refractivity contribution in [3.63, 3.8) is 0 Å². The molecule has 4 rings (SSSR count). The molecule has 9 nitrogen and oxygen atoms in total. The Labute approximate surface area is 186 Å². The van der Waals surface area contributed by atoms with Crippen molar-refractivity contribution < 1.29 is 23.7 Å². The Hall–Kier alpha value is -4.24. The molecule has 3 aromatic rings. The lowest BCUT2D eigenvalue weighted by Crippen LogP contribution is -2.55. The number of hydrogen-bond donors (Lipinski definition) is 0. The fraction of sp³-hybridized carbons (Fsp3) is 0.0455. The van der Waals surface area contributed by atoms with E-state index < -0.39 is 22.8 Å². The fourth-order valence-electron chi connectivity index (χ4n) is 3.18. The molecule has 160 valence electrons. The van der Waals surface area contributed by atoms with Crippen LogP contribution in [0.15, 0.2) is 70.7 Å². The van der Waals surface area contributed by atoms with Crippen molar-refractivity contribution in [2.45, 2.75) is 0 Å². The van der Waals surface area contributed by atoms with Crippen molar-refractivity contribution in [3.8, 4) is 11.3 Å². The number of urea groups is 1. The molecule has 0 N–H and O–H groups in total. The third kappa shape index (κ3) is 3.65. The van der Waals surface area contributed by atoms with Gasteiger partial charge in [-0.15, -0.1) is 0 Å². The highest BCUT2D eigenvalue weighted by Gasteiger charge is 2.41. The minimum absolute atomic E-state index is 0.0141. The van der Waals surface area contributed by atoms with Gasteiger partial charge < -0.3 is 4.42 Å². The number of likely N-dealkylation sites (N-methyl/N-ethyl adjacent to an activating group) is 1. The van der Waals surface area contributed by atoms with Crippen LogP contribution in [0.3, 0.4) is 0 Å². The summed E-state index contributed by atoms with van der Waals surface area (Å²) in [6, 6.07) is 14.7. The second-order valence-electron chi connectivity index (χ2n) is 6.81. The van der Waals surface area contributed by atoms with Gasteiger partial charge in [-0.3, -0.25) is 24.6 Å². The lowest BCUT2D eigenvalue weighted by Gasteiger charge is -2.31. The van der Waals surface area contributed by atoms with Gasteiger partial charge in [0.25, 0.3) is 17.5 Å². The summed E-state index contributed by atoms with van der Waals surface area (Å²) in [7, 11) is 1.28. The number of benzene rings is 2. The van der Waals surface area contributed by atoms with Gasteiger partial charge in [0.1, 0.15) is 22.1 Å². The number of imide groups is 2. The number of para-hydroxylation sites is 1. The molecular formula is C22H14ClN3O6. The maximum atomic E-state index is 13.0. The van der Waals surface area contributed by atoms with Gasteiger partial charge >= 0.3 is 6.03 Å². The highest BCUT2D eigenvalue weighted by Crippen LogP contribution is 2.32. The van der Waals surface area contributed by atoms with Gasteiger partial charge in [0.2, 0.25) is 0 Å².